The van der Waals surface area contributed by atoms with Gasteiger partial charge >= 0.3 is 11.9 Å². The third-order valence-corrected chi connectivity index (χ3v) is 6.07. The van der Waals surface area contributed by atoms with Crippen LogP contribution in [0.1, 0.15) is 13.3 Å². The Labute approximate surface area is 168 Å². The minimum Gasteiger partial charge on any atom is -0.465 e. The summed E-state index contributed by atoms with van der Waals surface area (Å²) in [6.07, 6.45) is 6.33. The number of halogens is 1. The maximum atomic E-state index is 12.8. The van der Waals surface area contributed by atoms with Crippen LogP contribution in [-0.4, -0.2) is 40.3 Å². The summed E-state index contributed by atoms with van der Waals surface area (Å²) >= 11 is 6.11. The molecule has 1 aromatic carbocycles. The third kappa shape index (κ3) is 4.45. The van der Waals surface area contributed by atoms with Gasteiger partial charge in [-0.25, -0.2) is 18.0 Å². The number of allylic oxidation sites excluding steroid dienone is 2. The van der Waals surface area contributed by atoms with Gasteiger partial charge in [0.2, 0.25) is 0 Å². The van der Waals surface area contributed by atoms with Gasteiger partial charge < -0.3 is 14.4 Å². The Morgan fingerprint density at radius 2 is 1.79 bits per heavy atom. The molecule has 0 saturated heterocycles. The number of benzene rings is 1. The Morgan fingerprint density at radius 1 is 1.11 bits per heavy atom. The number of rotatable bonds is 6. The second-order valence-corrected chi connectivity index (χ2v) is 8.26. The molecule has 0 saturated carbocycles. The molecule has 28 heavy (non-hydrogen) atoms. The fourth-order valence-electron chi connectivity index (χ4n) is 2.67. The smallest absolute Gasteiger partial charge is 0.355 e. The summed E-state index contributed by atoms with van der Waals surface area (Å²) in [5.74, 6) is -1.70. The Bertz CT molecular complexity index is 978. The predicted molar refractivity (Wildman–Crippen MR) is 106 cm³/mol. The van der Waals surface area contributed by atoms with E-state index in [-0.39, 0.29) is 32.6 Å². The number of methoxy groups -OCH3 is 2. The monoisotopic (exact) mass is 425 g/mol. The molecular formula is C19H20ClNO6S. The van der Waals surface area contributed by atoms with Gasteiger partial charge in [-0.15, -0.1) is 0 Å². The number of carbonyl (C=O) groups is 2. The number of hydrogen-bond donors (Lipinski definition) is 0. The van der Waals surface area contributed by atoms with Crippen molar-refractivity contribution in [3.63, 3.8) is 0 Å². The average Bonchev–Trinajstić information content (AvgIpc) is 2.89. The first kappa shape index (κ1) is 21.7. The van der Waals surface area contributed by atoms with Crippen LogP contribution in [0.2, 0.25) is 5.02 Å². The minimum atomic E-state index is -3.66. The predicted octanol–water partition coefficient (Wildman–Crippen LogP) is 3.01. The highest BCUT2D eigenvalue weighted by Gasteiger charge is 2.31. The Morgan fingerprint density at radius 3 is 2.39 bits per heavy atom. The molecule has 0 aromatic heterocycles. The summed E-state index contributed by atoms with van der Waals surface area (Å²) in [6, 6.07) is 4.25. The largest absolute Gasteiger partial charge is 0.465 e. The maximum Gasteiger partial charge on any atom is 0.355 e. The molecule has 1 aromatic rings. The van der Waals surface area contributed by atoms with Crippen LogP contribution in [0.25, 0.3) is 0 Å². The Hall–Kier alpha value is -2.58. The van der Waals surface area contributed by atoms with E-state index in [0.717, 1.165) is 7.11 Å². The van der Waals surface area contributed by atoms with Crippen molar-refractivity contribution in [1.82, 2.24) is 0 Å². The van der Waals surface area contributed by atoms with E-state index in [2.05, 4.69) is 0 Å². The van der Waals surface area contributed by atoms with Gasteiger partial charge in [-0.1, -0.05) is 24.6 Å². The molecule has 7 nitrogen and oxygen atoms in total. The third-order valence-electron chi connectivity index (χ3n) is 3.88. The molecule has 0 spiro atoms. The first-order chi connectivity index (χ1) is 13.3. The summed E-state index contributed by atoms with van der Waals surface area (Å²) in [7, 11) is -1.33. The van der Waals surface area contributed by atoms with Gasteiger partial charge in [0, 0.05) is 11.2 Å². The SMILES string of the molecule is CCCS(=O)(=O)c1ccc(Cl)cc1N1C=CC=CC(C(=O)OC)=C1C(=O)OC. The second kappa shape index (κ2) is 9.07. The molecule has 0 unspecified atom stereocenters. The first-order valence-corrected chi connectivity index (χ1v) is 10.4. The lowest BCUT2D eigenvalue weighted by Crippen LogP contribution is -2.28. The molecule has 0 amide bonds. The van der Waals surface area contributed by atoms with Crippen LogP contribution in [0.15, 0.2) is 58.8 Å². The van der Waals surface area contributed by atoms with Crippen LogP contribution in [0, 0.1) is 0 Å². The van der Waals surface area contributed by atoms with Crippen molar-refractivity contribution in [2.75, 3.05) is 24.9 Å². The molecule has 0 atom stereocenters. The van der Waals surface area contributed by atoms with E-state index in [4.69, 9.17) is 21.1 Å². The lowest BCUT2D eigenvalue weighted by molar-refractivity contribution is -0.139. The Balaban J connectivity index is 2.83. The zero-order chi connectivity index (χ0) is 20.9. The van der Waals surface area contributed by atoms with Crippen LogP contribution in [-0.2, 0) is 28.9 Å². The van der Waals surface area contributed by atoms with Gasteiger partial charge in [0.1, 0.15) is 5.70 Å². The normalized spacial score (nSPS) is 14.1. The van der Waals surface area contributed by atoms with E-state index in [1.165, 1.54) is 48.6 Å². The summed E-state index contributed by atoms with van der Waals surface area (Å²) < 4.78 is 35.1. The number of anilines is 1. The second-order valence-electron chi connectivity index (χ2n) is 5.75. The minimum absolute atomic E-state index is 0.0177. The van der Waals surface area contributed by atoms with E-state index < -0.39 is 21.8 Å². The summed E-state index contributed by atoms with van der Waals surface area (Å²) in [5.41, 5.74) is -0.143. The van der Waals surface area contributed by atoms with Gasteiger partial charge in [-0.3, -0.25) is 0 Å². The molecule has 0 bridgehead atoms. The molecule has 0 radical (unpaired) electrons. The van der Waals surface area contributed by atoms with E-state index in [1.54, 1.807) is 13.0 Å². The van der Waals surface area contributed by atoms with Crippen LogP contribution in [0.5, 0.6) is 0 Å². The number of esters is 2. The lowest BCUT2D eigenvalue weighted by Gasteiger charge is -2.25. The van der Waals surface area contributed by atoms with Crippen molar-refractivity contribution in [1.29, 1.82) is 0 Å². The molecule has 2 rings (SSSR count). The standard InChI is InChI=1S/C19H20ClNO6S/c1-4-11-28(24,25)16-9-8-13(20)12-15(16)21-10-6-5-7-14(18(22)26-2)17(21)19(23)27-3/h5-10,12H,4,11H2,1-3H3. The van der Waals surface area contributed by atoms with Crippen molar-refractivity contribution in [2.45, 2.75) is 18.2 Å². The molecule has 1 aliphatic heterocycles. The van der Waals surface area contributed by atoms with Crippen molar-refractivity contribution < 1.29 is 27.5 Å². The summed E-state index contributed by atoms with van der Waals surface area (Å²) in [4.78, 5) is 26.0. The maximum absolute atomic E-state index is 12.8. The number of carbonyl (C=O) groups excluding carboxylic acids is 2. The molecule has 0 aliphatic carbocycles. The van der Waals surface area contributed by atoms with Gasteiger partial charge in [0.15, 0.2) is 9.84 Å². The van der Waals surface area contributed by atoms with Crippen molar-refractivity contribution >= 4 is 39.1 Å². The molecule has 0 fully saturated rings. The zero-order valence-corrected chi connectivity index (χ0v) is 17.2. The molecule has 9 heteroatoms. The molecule has 1 heterocycles. The highest BCUT2D eigenvalue weighted by Crippen LogP contribution is 2.34. The lowest BCUT2D eigenvalue weighted by atomic mass is 10.1. The van der Waals surface area contributed by atoms with Gasteiger partial charge in [0.05, 0.1) is 36.1 Å². The highest BCUT2D eigenvalue weighted by molar-refractivity contribution is 7.91. The molecule has 0 N–H and O–H groups in total. The first-order valence-electron chi connectivity index (χ1n) is 8.34. The zero-order valence-electron chi connectivity index (χ0n) is 15.6. The Kier molecular flexibility index (Phi) is 7.04. The number of ether oxygens (including phenoxy) is 2. The van der Waals surface area contributed by atoms with Gasteiger partial charge in [-0.05, 0) is 36.8 Å². The fourth-order valence-corrected chi connectivity index (χ4v) is 4.35. The van der Waals surface area contributed by atoms with Gasteiger partial charge in [-0.2, -0.15) is 0 Å². The van der Waals surface area contributed by atoms with Crippen LogP contribution in [0.3, 0.4) is 0 Å². The molecular weight excluding hydrogens is 406 g/mol. The number of nitrogens with zero attached hydrogens (tertiary/aromatic N) is 1. The van der Waals surface area contributed by atoms with E-state index in [9.17, 15) is 18.0 Å². The molecule has 150 valence electrons. The van der Waals surface area contributed by atoms with E-state index >= 15 is 0 Å². The number of sulfone groups is 1. The summed E-state index contributed by atoms with van der Waals surface area (Å²) in [5, 5.41) is 0.264. The van der Waals surface area contributed by atoms with E-state index in [1.807, 2.05) is 0 Å². The average molecular weight is 426 g/mol. The quantitative estimate of drug-likeness (QED) is 0.647. The van der Waals surface area contributed by atoms with Crippen molar-refractivity contribution in [2.24, 2.45) is 0 Å². The van der Waals surface area contributed by atoms with Crippen LogP contribution < -0.4 is 4.90 Å². The van der Waals surface area contributed by atoms with Crippen molar-refractivity contribution in [3.05, 3.63) is 58.9 Å². The topological polar surface area (TPSA) is 90.0 Å². The van der Waals surface area contributed by atoms with E-state index in [0.29, 0.717) is 6.42 Å². The van der Waals surface area contributed by atoms with Crippen LogP contribution in [0.4, 0.5) is 5.69 Å². The van der Waals surface area contributed by atoms with Gasteiger partial charge in [0.25, 0.3) is 0 Å². The molecule has 1 aliphatic rings. The fraction of sp³-hybridized carbons (Fsp3) is 0.263. The van der Waals surface area contributed by atoms with Crippen LogP contribution >= 0.6 is 11.6 Å². The number of hydrogen-bond acceptors (Lipinski definition) is 7. The highest BCUT2D eigenvalue weighted by atomic mass is 35.5. The summed E-state index contributed by atoms with van der Waals surface area (Å²) in [6.45, 7) is 1.75. The van der Waals surface area contributed by atoms with Crippen molar-refractivity contribution in [3.8, 4) is 0 Å².